The minimum Gasteiger partial charge on any atom is -0.461 e. The molecule has 166 valence electrons. The predicted molar refractivity (Wildman–Crippen MR) is 97.4 cm³/mol. The van der Waals surface area contributed by atoms with E-state index in [0.29, 0.717) is 11.3 Å². The zero-order chi connectivity index (χ0) is 22.6. The molecule has 0 aliphatic rings. The molecule has 2 heterocycles. The number of rotatable bonds is 8. The Hall–Kier alpha value is -2.72. The van der Waals surface area contributed by atoms with Crippen LogP contribution in [0.2, 0.25) is 0 Å². The maximum absolute atomic E-state index is 13.0. The molecule has 0 aliphatic heterocycles. The van der Waals surface area contributed by atoms with Gasteiger partial charge in [-0.2, -0.15) is 27.1 Å². The van der Waals surface area contributed by atoms with Gasteiger partial charge in [0.2, 0.25) is 0 Å². The number of aryl methyl sites for hydroxylation is 1. The topological polar surface area (TPSA) is 66.2 Å². The number of nitrogens with zero attached hydrogens (tertiary/aromatic N) is 3. The van der Waals surface area contributed by atoms with Crippen LogP contribution in [0.3, 0.4) is 0 Å². The van der Waals surface area contributed by atoms with Gasteiger partial charge in [-0.3, -0.25) is 9.67 Å². The molecule has 0 bridgehead atoms. The van der Waals surface area contributed by atoms with Crippen LogP contribution in [0.4, 0.5) is 22.0 Å². The first-order chi connectivity index (χ1) is 14.0. The van der Waals surface area contributed by atoms with Gasteiger partial charge in [0.15, 0.2) is 5.69 Å². The number of aromatic nitrogens is 3. The molecule has 0 amide bonds. The van der Waals surface area contributed by atoms with Gasteiger partial charge < -0.3 is 9.47 Å². The van der Waals surface area contributed by atoms with Crippen LogP contribution in [-0.2, 0) is 17.7 Å². The summed E-state index contributed by atoms with van der Waals surface area (Å²) in [5.74, 6) is -2.74. The van der Waals surface area contributed by atoms with E-state index in [0.717, 1.165) is 19.2 Å². The number of hydrogen-bond acceptors (Lipinski definition) is 5. The number of ether oxygens (including phenoxy) is 2. The van der Waals surface area contributed by atoms with E-state index in [1.165, 1.54) is 4.68 Å². The van der Waals surface area contributed by atoms with Gasteiger partial charge in [0.25, 0.3) is 0 Å². The maximum atomic E-state index is 13.0. The van der Waals surface area contributed by atoms with Gasteiger partial charge in [-0.15, -0.1) is 0 Å². The van der Waals surface area contributed by atoms with Crippen molar-refractivity contribution in [3.8, 4) is 17.0 Å². The number of hydrogen-bond donors (Lipinski definition) is 0. The molecule has 0 unspecified atom stereocenters. The van der Waals surface area contributed by atoms with Gasteiger partial charge in [0.05, 0.1) is 23.8 Å². The van der Waals surface area contributed by atoms with Crippen molar-refractivity contribution in [2.24, 2.45) is 5.92 Å². The number of pyridine rings is 1. The van der Waals surface area contributed by atoms with Crippen LogP contribution in [0.1, 0.15) is 42.5 Å². The maximum Gasteiger partial charge on any atom is 0.391 e. The fourth-order valence-electron chi connectivity index (χ4n) is 2.90. The predicted octanol–water partition coefficient (Wildman–Crippen LogP) is 4.79. The molecule has 0 radical (unpaired) electrons. The number of carbonyl (C=O) groups excluding carboxylic acids is 1. The van der Waals surface area contributed by atoms with E-state index in [1.54, 1.807) is 20.8 Å². The molecule has 2 rings (SSSR count). The van der Waals surface area contributed by atoms with E-state index in [-0.39, 0.29) is 35.9 Å². The van der Waals surface area contributed by atoms with Crippen LogP contribution in [0.5, 0.6) is 5.75 Å². The highest BCUT2D eigenvalue weighted by atomic mass is 19.4. The minimum atomic E-state index is -4.45. The lowest BCUT2D eigenvalue weighted by Crippen LogP contribution is -2.22. The number of halogens is 5. The van der Waals surface area contributed by atoms with Crippen molar-refractivity contribution in [3.05, 3.63) is 29.2 Å². The second kappa shape index (κ2) is 9.40. The first-order valence-electron chi connectivity index (χ1n) is 9.24. The highest BCUT2D eigenvalue weighted by Crippen LogP contribution is 2.36. The third-order valence-electron chi connectivity index (χ3n) is 4.43. The molecule has 2 aromatic rings. The Morgan fingerprint density at radius 1 is 1.27 bits per heavy atom. The molecule has 0 saturated heterocycles. The summed E-state index contributed by atoms with van der Waals surface area (Å²) in [6.07, 6.45) is -3.79. The van der Waals surface area contributed by atoms with Gasteiger partial charge in [-0.25, -0.2) is 4.79 Å². The van der Waals surface area contributed by atoms with Gasteiger partial charge in [0, 0.05) is 36.5 Å². The van der Waals surface area contributed by atoms with Crippen LogP contribution in [0.25, 0.3) is 11.3 Å². The summed E-state index contributed by atoms with van der Waals surface area (Å²) in [4.78, 5) is 16.1. The van der Waals surface area contributed by atoms with Crippen LogP contribution >= 0.6 is 0 Å². The Kier molecular flexibility index (Phi) is 7.38. The Balaban J connectivity index is 2.56. The first-order valence-corrected chi connectivity index (χ1v) is 9.24. The summed E-state index contributed by atoms with van der Waals surface area (Å²) in [6, 6.07) is 1.06. The summed E-state index contributed by atoms with van der Waals surface area (Å²) in [7, 11) is 0. The first kappa shape index (κ1) is 23.6. The minimum absolute atomic E-state index is 0.00599. The van der Waals surface area contributed by atoms with Crippen molar-refractivity contribution in [3.63, 3.8) is 0 Å². The van der Waals surface area contributed by atoms with Gasteiger partial charge in [0.1, 0.15) is 5.75 Å². The Morgan fingerprint density at radius 3 is 2.47 bits per heavy atom. The number of carbonyl (C=O) groups is 1. The molecular formula is C19H22F5N3O3. The van der Waals surface area contributed by atoms with E-state index >= 15 is 0 Å². The molecule has 0 aliphatic carbocycles. The highest BCUT2D eigenvalue weighted by molar-refractivity contribution is 5.91. The molecule has 6 nitrogen and oxygen atoms in total. The highest BCUT2D eigenvalue weighted by Gasteiger charge is 2.36. The largest absolute Gasteiger partial charge is 0.461 e. The average Bonchev–Trinajstić information content (AvgIpc) is 2.97. The lowest BCUT2D eigenvalue weighted by Gasteiger charge is -2.17. The van der Waals surface area contributed by atoms with Crippen molar-refractivity contribution in [2.45, 2.75) is 53.4 Å². The molecule has 0 fully saturated rings. The van der Waals surface area contributed by atoms with Crippen molar-refractivity contribution in [2.75, 3.05) is 6.61 Å². The van der Waals surface area contributed by atoms with E-state index < -0.39 is 31.1 Å². The summed E-state index contributed by atoms with van der Waals surface area (Å²) in [5, 5.41) is 4.17. The van der Waals surface area contributed by atoms with Crippen LogP contribution < -0.4 is 4.74 Å². The standard InChI is InChI=1S/C19H22F5N3O3/c1-5-27-16(11(4)15(26-27)17(28)29-6-2)13-9-25-12(7-10(3)19(22,23)24)8-14(13)30-18(20)21/h8-10,18H,5-7H2,1-4H3/t10-/m0/s1. The Morgan fingerprint density at radius 2 is 1.93 bits per heavy atom. The third kappa shape index (κ3) is 5.25. The summed E-state index contributed by atoms with van der Waals surface area (Å²) in [6.45, 7) is 3.10. The fourth-order valence-corrected chi connectivity index (χ4v) is 2.90. The quantitative estimate of drug-likeness (QED) is 0.441. The van der Waals surface area contributed by atoms with E-state index in [4.69, 9.17) is 4.74 Å². The summed E-state index contributed by atoms with van der Waals surface area (Å²) < 4.78 is 75.5. The molecule has 0 aromatic carbocycles. The van der Waals surface area contributed by atoms with Crippen LogP contribution in [-0.4, -0.2) is 40.1 Å². The second-order valence-electron chi connectivity index (χ2n) is 6.56. The normalized spacial score (nSPS) is 12.9. The Bertz CT molecular complexity index is 896. The van der Waals surface area contributed by atoms with Crippen molar-refractivity contribution >= 4 is 5.97 Å². The van der Waals surface area contributed by atoms with Gasteiger partial charge in [-0.05, 0) is 20.8 Å². The van der Waals surface area contributed by atoms with E-state index in [1.807, 2.05) is 0 Å². The second-order valence-corrected chi connectivity index (χ2v) is 6.56. The Labute approximate surface area is 170 Å². The van der Waals surface area contributed by atoms with Crippen LogP contribution in [0, 0.1) is 12.8 Å². The monoisotopic (exact) mass is 435 g/mol. The lowest BCUT2D eigenvalue weighted by molar-refractivity contribution is -0.169. The molecule has 30 heavy (non-hydrogen) atoms. The number of alkyl halides is 5. The molecular weight excluding hydrogens is 413 g/mol. The number of esters is 1. The van der Waals surface area contributed by atoms with Crippen molar-refractivity contribution in [1.82, 2.24) is 14.8 Å². The molecule has 0 spiro atoms. The molecule has 0 saturated carbocycles. The summed E-state index contributed by atoms with van der Waals surface area (Å²) in [5.41, 5.74) is 0.685. The molecule has 1 atom stereocenters. The molecule has 11 heteroatoms. The van der Waals surface area contributed by atoms with E-state index in [2.05, 4.69) is 14.8 Å². The lowest BCUT2D eigenvalue weighted by atomic mass is 10.0. The zero-order valence-electron chi connectivity index (χ0n) is 16.9. The van der Waals surface area contributed by atoms with Crippen molar-refractivity contribution < 1.29 is 36.2 Å². The molecule has 2 aromatic heterocycles. The van der Waals surface area contributed by atoms with Gasteiger partial charge >= 0.3 is 18.8 Å². The molecule has 0 N–H and O–H groups in total. The average molecular weight is 435 g/mol. The van der Waals surface area contributed by atoms with E-state index in [9.17, 15) is 26.7 Å². The zero-order valence-corrected chi connectivity index (χ0v) is 16.9. The summed E-state index contributed by atoms with van der Waals surface area (Å²) >= 11 is 0. The third-order valence-corrected chi connectivity index (χ3v) is 4.43. The SMILES string of the molecule is CCOC(=O)c1nn(CC)c(-c2cnc(C[C@H](C)C(F)(F)F)cc2OC(F)F)c1C. The van der Waals surface area contributed by atoms with Crippen LogP contribution in [0.15, 0.2) is 12.3 Å². The van der Waals surface area contributed by atoms with Crippen molar-refractivity contribution in [1.29, 1.82) is 0 Å². The fraction of sp³-hybridized carbons (Fsp3) is 0.526. The smallest absolute Gasteiger partial charge is 0.391 e. The van der Waals surface area contributed by atoms with Gasteiger partial charge in [-0.1, -0.05) is 6.92 Å².